The number of benzene rings is 3. The molecule has 0 spiro atoms. The summed E-state index contributed by atoms with van der Waals surface area (Å²) in [4.78, 5) is 35.7. The molecule has 1 atom stereocenters. The second-order valence-electron chi connectivity index (χ2n) is 10.0. The molecule has 3 aromatic carbocycles. The molecule has 45 heavy (non-hydrogen) atoms. The second-order valence-corrected chi connectivity index (χ2v) is 11.8. The van der Waals surface area contributed by atoms with Crippen LogP contribution in [-0.2, 0) is 4.79 Å². The topological polar surface area (TPSA) is 102 Å². The van der Waals surface area contributed by atoms with Gasteiger partial charge in [0.05, 0.1) is 17.1 Å². The number of hydrogen-bond donors (Lipinski definition) is 1. The van der Waals surface area contributed by atoms with Gasteiger partial charge in [-0.1, -0.05) is 71.6 Å². The van der Waals surface area contributed by atoms with Crippen LogP contribution >= 0.6 is 34.4 Å². The summed E-state index contributed by atoms with van der Waals surface area (Å²) in [6, 6.07) is 17.7. The number of hydrogen-bond acceptors (Lipinski definition) is 6. The van der Waals surface area contributed by atoms with Crippen LogP contribution in [0.3, 0.4) is 0 Å². The van der Waals surface area contributed by atoms with Gasteiger partial charge in [0, 0.05) is 10.1 Å². The van der Waals surface area contributed by atoms with Crippen LogP contribution in [0.2, 0.25) is 0 Å². The molecule has 14 heteroatoms. The maximum Gasteiger partial charge on any atom is 0.573 e. The molecule has 1 N–H and O–H groups in total. The van der Waals surface area contributed by atoms with E-state index in [1.54, 1.807) is 36.4 Å². The Balaban J connectivity index is 1.22. The number of ether oxygens (including phenoxy) is 1. The third-order valence-corrected chi connectivity index (χ3v) is 8.83. The molecule has 1 saturated heterocycles. The lowest BCUT2D eigenvalue weighted by Crippen LogP contribution is -2.31. The maximum absolute atomic E-state index is 12.9. The van der Waals surface area contributed by atoms with Crippen LogP contribution in [0.5, 0.6) is 5.75 Å². The fraction of sp³-hybridized carbons (Fsp3) is 0.194. The van der Waals surface area contributed by atoms with Crippen molar-refractivity contribution in [3.63, 3.8) is 0 Å². The van der Waals surface area contributed by atoms with Crippen LogP contribution in [-0.4, -0.2) is 48.4 Å². The zero-order valence-corrected chi connectivity index (χ0v) is 26.9. The van der Waals surface area contributed by atoms with Gasteiger partial charge in [0.25, 0.3) is 0 Å². The number of aromatic nitrogens is 3. The summed E-state index contributed by atoms with van der Waals surface area (Å²) in [7, 11) is 0. The van der Waals surface area contributed by atoms with E-state index in [1.165, 1.54) is 51.9 Å². The van der Waals surface area contributed by atoms with Gasteiger partial charge in [-0.15, -0.1) is 18.3 Å². The van der Waals surface area contributed by atoms with Crippen LogP contribution in [0.4, 0.5) is 29.3 Å². The summed E-state index contributed by atoms with van der Waals surface area (Å²) in [6.45, 7) is 4.06. The van der Waals surface area contributed by atoms with Crippen molar-refractivity contribution in [3.05, 3.63) is 95.6 Å². The molecule has 9 nitrogen and oxygen atoms in total. The van der Waals surface area contributed by atoms with Crippen molar-refractivity contribution in [3.8, 4) is 11.4 Å². The number of nitrogens with one attached hydrogen (secondary N) is 1. The highest BCUT2D eigenvalue weighted by molar-refractivity contribution is 14.1. The van der Waals surface area contributed by atoms with Gasteiger partial charge >= 0.3 is 12.4 Å². The minimum atomic E-state index is -4.76. The number of amidine groups is 1. The van der Waals surface area contributed by atoms with E-state index in [4.69, 9.17) is 0 Å². The quantitative estimate of drug-likeness (QED) is 0.146. The lowest BCUT2D eigenvalue weighted by Gasteiger charge is -2.23. The van der Waals surface area contributed by atoms with Gasteiger partial charge in [0.15, 0.2) is 11.0 Å². The van der Waals surface area contributed by atoms with Gasteiger partial charge in [0.1, 0.15) is 12.1 Å². The zero-order valence-electron chi connectivity index (χ0n) is 24.0. The van der Waals surface area contributed by atoms with Gasteiger partial charge in [0.2, 0.25) is 5.91 Å². The first-order chi connectivity index (χ1) is 21.5. The molecule has 0 radical (unpaired) electrons. The number of halogens is 4. The molecule has 1 unspecified atom stereocenters. The molecule has 5 rings (SSSR count). The van der Waals surface area contributed by atoms with Crippen molar-refractivity contribution in [1.82, 2.24) is 14.8 Å². The number of carbonyl (C=O) groups excluding carboxylic acids is 2. The van der Waals surface area contributed by atoms with Crippen molar-refractivity contribution < 1.29 is 27.5 Å². The molecule has 3 amide bonds. The fourth-order valence-electron chi connectivity index (χ4n) is 4.39. The monoisotopic (exact) mass is 746 g/mol. The number of aryl methyl sites for hydroxylation is 1. The number of alkyl halides is 4. The van der Waals surface area contributed by atoms with E-state index in [9.17, 15) is 22.8 Å². The first-order valence-electron chi connectivity index (χ1n) is 13.6. The van der Waals surface area contributed by atoms with Crippen LogP contribution in [0.15, 0.2) is 78.0 Å². The predicted molar refractivity (Wildman–Crippen MR) is 178 cm³/mol. The summed E-state index contributed by atoms with van der Waals surface area (Å²) < 4.78 is 43.3. The first-order valence-corrected chi connectivity index (χ1v) is 16.1. The average molecular weight is 747 g/mol. The Bertz CT molecular complexity index is 1760. The van der Waals surface area contributed by atoms with E-state index in [0.717, 1.165) is 26.8 Å². The molecule has 1 aromatic heterocycles. The number of urea groups is 1. The SMILES string of the molecule is Cc1ccc(C(C)CI)c(N2C(=O)CSC2=NC(=O)Nc2ccc(/C=C/c3ncn(-c4ccc(OC(F)(F)F)cc4)n3)cc2)c1. The van der Waals surface area contributed by atoms with Crippen molar-refractivity contribution in [2.24, 2.45) is 4.99 Å². The number of aliphatic imine (C=N–C) groups is 1. The molecule has 1 aliphatic rings. The molecular formula is C31H26F3IN6O3S. The summed E-state index contributed by atoms with van der Waals surface area (Å²) in [5.41, 5.74) is 4.64. The van der Waals surface area contributed by atoms with Gasteiger partial charge in [-0.05, 0) is 78.1 Å². The third kappa shape index (κ3) is 8.30. The number of rotatable bonds is 8. The Kier molecular flexibility index (Phi) is 9.92. The predicted octanol–water partition coefficient (Wildman–Crippen LogP) is 7.85. The van der Waals surface area contributed by atoms with Crippen LogP contribution < -0.4 is 15.0 Å². The lowest BCUT2D eigenvalue weighted by molar-refractivity contribution is -0.274. The van der Waals surface area contributed by atoms with Gasteiger partial charge in [-0.25, -0.2) is 14.5 Å². The van der Waals surface area contributed by atoms with Crippen LogP contribution in [0.1, 0.15) is 35.4 Å². The standard InChI is InChI=1S/C31H26F3IN6O3S/c1-19-3-13-25(20(2)16-35)26(15-19)41-28(42)17-45-30(41)38-29(43)37-22-7-4-21(5-8-22)6-14-27-36-18-40(39-27)23-9-11-24(12-10-23)44-31(32,33)34/h3-15,18,20H,16-17H2,1-2H3,(H,37,43)/b14-6+,38-30?. The maximum atomic E-state index is 12.9. The van der Waals surface area contributed by atoms with E-state index in [0.29, 0.717) is 22.4 Å². The summed E-state index contributed by atoms with van der Waals surface area (Å²) in [5.74, 6) is 0.358. The zero-order chi connectivity index (χ0) is 32.1. The molecular weight excluding hydrogens is 720 g/mol. The van der Waals surface area contributed by atoms with Crippen molar-refractivity contribution >= 4 is 75.0 Å². The van der Waals surface area contributed by atoms with Gasteiger partial charge < -0.3 is 10.1 Å². The number of amides is 3. The first kappa shape index (κ1) is 32.2. The molecule has 4 aromatic rings. The molecule has 2 heterocycles. The molecule has 0 saturated carbocycles. The highest BCUT2D eigenvalue weighted by Crippen LogP contribution is 2.35. The van der Waals surface area contributed by atoms with Crippen molar-refractivity contribution in [1.29, 1.82) is 0 Å². The summed E-state index contributed by atoms with van der Waals surface area (Å²) in [5, 5.41) is 7.40. The van der Waals surface area contributed by atoms with Crippen LogP contribution in [0.25, 0.3) is 17.8 Å². The van der Waals surface area contributed by atoms with E-state index < -0.39 is 12.4 Å². The number of nitrogens with zero attached hydrogens (tertiary/aromatic N) is 5. The molecule has 0 bridgehead atoms. The Morgan fingerprint density at radius 2 is 1.87 bits per heavy atom. The fourth-order valence-corrected chi connectivity index (χ4v) is 5.73. The van der Waals surface area contributed by atoms with Crippen molar-refractivity contribution in [2.45, 2.75) is 26.1 Å². The molecule has 1 fully saturated rings. The van der Waals surface area contributed by atoms with E-state index >= 15 is 0 Å². The smallest absolute Gasteiger partial charge is 0.406 e. The molecule has 0 aliphatic carbocycles. The van der Waals surface area contributed by atoms with Crippen LogP contribution in [0, 0.1) is 6.92 Å². The minimum Gasteiger partial charge on any atom is -0.406 e. The van der Waals surface area contributed by atoms with E-state index in [1.807, 2.05) is 25.1 Å². The second kappa shape index (κ2) is 13.9. The Hall–Kier alpha value is -4.18. The number of carbonyl (C=O) groups is 2. The number of anilines is 2. The van der Waals surface area contributed by atoms with Gasteiger partial charge in [-0.2, -0.15) is 4.99 Å². The van der Waals surface area contributed by atoms with Gasteiger partial charge in [-0.3, -0.25) is 9.69 Å². The Labute approximate surface area is 274 Å². The van der Waals surface area contributed by atoms with Crippen molar-refractivity contribution in [2.75, 3.05) is 20.4 Å². The lowest BCUT2D eigenvalue weighted by atomic mass is 9.98. The third-order valence-electron chi connectivity index (χ3n) is 6.58. The Morgan fingerprint density at radius 1 is 1.13 bits per heavy atom. The Morgan fingerprint density at radius 3 is 2.56 bits per heavy atom. The molecule has 232 valence electrons. The summed E-state index contributed by atoms with van der Waals surface area (Å²) >= 11 is 3.55. The van der Waals surface area contributed by atoms with E-state index in [2.05, 4.69) is 54.6 Å². The molecule has 1 aliphatic heterocycles. The highest BCUT2D eigenvalue weighted by Gasteiger charge is 2.33. The average Bonchev–Trinajstić information content (AvgIpc) is 3.62. The van der Waals surface area contributed by atoms with E-state index in [-0.39, 0.29) is 23.3 Å². The minimum absolute atomic E-state index is 0.122. The number of thioether (sulfide) groups is 1. The summed E-state index contributed by atoms with van der Waals surface area (Å²) in [6.07, 6.45) is 0.141. The highest BCUT2D eigenvalue weighted by atomic mass is 127. The normalized spacial score (nSPS) is 15.2. The largest absolute Gasteiger partial charge is 0.573 e.